The predicted molar refractivity (Wildman–Crippen MR) is 40.0 cm³/mol. The van der Waals surface area contributed by atoms with Crippen LogP contribution in [0, 0.1) is 0 Å². The van der Waals surface area contributed by atoms with Crippen LogP contribution in [0.25, 0.3) is 0 Å². The first-order valence-corrected chi connectivity index (χ1v) is 3.47. The zero-order valence-corrected chi connectivity index (χ0v) is 6.36. The molecule has 0 atom stereocenters. The third-order valence-corrected chi connectivity index (χ3v) is 1.74. The second kappa shape index (κ2) is 2.97. The van der Waals surface area contributed by atoms with Crippen molar-refractivity contribution in [2.45, 2.75) is 6.42 Å². The van der Waals surface area contributed by atoms with Gasteiger partial charge in [-0.1, -0.05) is 18.2 Å². The minimum atomic E-state index is -0.111. The van der Waals surface area contributed by atoms with Gasteiger partial charge >= 0.3 is 0 Å². The summed E-state index contributed by atoms with van der Waals surface area (Å²) in [5.74, 6) is -0.111. The zero-order valence-electron chi connectivity index (χ0n) is 4.77. The van der Waals surface area contributed by atoms with E-state index in [1.807, 2.05) is 6.08 Å². The summed E-state index contributed by atoms with van der Waals surface area (Å²) >= 11 is 3.08. The van der Waals surface area contributed by atoms with E-state index in [1.54, 1.807) is 18.2 Å². The first-order valence-electron chi connectivity index (χ1n) is 2.68. The van der Waals surface area contributed by atoms with Gasteiger partial charge in [0.1, 0.15) is 5.83 Å². The van der Waals surface area contributed by atoms with Crippen LogP contribution in [-0.4, -0.2) is 0 Å². The van der Waals surface area contributed by atoms with Gasteiger partial charge in [0.2, 0.25) is 0 Å². The summed E-state index contributed by atoms with van der Waals surface area (Å²) in [6.07, 6.45) is 7.50. The molecule has 0 aromatic heterocycles. The maximum atomic E-state index is 12.6. The van der Waals surface area contributed by atoms with Gasteiger partial charge in [0, 0.05) is 10.9 Å². The Morgan fingerprint density at radius 1 is 1.44 bits per heavy atom. The lowest BCUT2D eigenvalue weighted by Gasteiger charge is -1.89. The van der Waals surface area contributed by atoms with E-state index < -0.39 is 0 Å². The van der Waals surface area contributed by atoms with Crippen LogP contribution in [0.15, 0.2) is 34.6 Å². The van der Waals surface area contributed by atoms with Gasteiger partial charge in [-0.05, 0) is 22.0 Å². The SMILES string of the molecule is FC1=C(Br)C=CC=CC1. The molecule has 48 valence electrons. The molecule has 0 fully saturated rings. The Morgan fingerprint density at radius 2 is 2.22 bits per heavy atom. The van der Waals surface area contributed by atoms with Crippen molar-refractivity contribution in [1.29, 1.82) is 0 Å². The first kappa shape index (κ1) is 6.75. The highest BCUT2D eigenvalue weighted by atomic mass is 79.9. The van der Waals surface area contributed by atoms with Crippen LogP contribution in [0.5, 0.6) is 0 Å². The second-order valence-corrected chi connectivity index (χ2v) is 2.60. The highest BCUT2D eigenvalue weighted by Crippen LogP contribution is 2.20. The summed E-state index contributed by atoms with van der Waals surface area (Å²) in [6.45, 7) is 0. The van der Waals surface area contributed by atoms with E-state index in [4.69, 9.17) is 0 Å². The number of allylic oxidation sites excluding steroid dienone is 6. The van der Waals surface area contributed by atoms with Crippen LogP contribution in [0.2, 0.25) is 0 Å². The second-order valence-electron chi connectivity index (χ2n) is 1.74. The summed E-state index contributed by atoms with van der Waals surface area (Å²) < 4.78 is 13.1. The molecule has 0 bridgehead atoms. The Balaban J connectivity index is 2.85. The van der Waals surface area contributed by atoms with E-state index in [0.29, 0.717) is 10.9 Å². The standard InChI is InChI=1S/C7H6BrF/c8-6-4-2-1-3-5-7(6)9/h1-4H,5H2. The number of hydrogen-bond acceptors (Lipinski definition) is 0. The summed E-state index contributed by atoms with van der Waals surface area (Å²) in [5, 5.41) is 0. The molecule has 0 aromatic rings. The number of hydrogen-bond donors (Lipinski definition) is 0. The quantitative estimate of drug-likeness (QED) is 0.549. The molecular weight excluding hydrogens is 183 g/mol. The zero-order chi connectivity index (χ0) is 6.69. The van der Waals surface area contributed by atoms with Gasteiger partial charge in [0.25, 0.3) is 0 Å². The molecule has 0 heterocycles. The Bertz CT molecular complexity index is 189. The van der Waals surface area contributed by atoms with E-state index in [2.05, 4.69) is 15.9 Å². The maximum absolute atomic E-state index is 12.6. The minimum Gasteiger partial charge on any atom is -0.210 e. The molecule has 0 aliphatic heterocycles. The summed E-state index contributed by atoms with van der Waals surface area (Å²) in [4.78, 5) is 0. The van der Waals surface area contributed by atoms with Crippen LogP contribution in [-0.2, 0) is 0 Å². The van der Waals surface area contributed by atoms with Gasteiger partial charge in [-0.15, -0.1) is 0 Å². The summed E-state index contributed by atoms with van der Waals surface area (Å²) in [5.41, 5.74) is 0. The summed E-state index contributed by atoms with van der Waals surface area (Å²) in [6, 6.07) is 0. The molecule has 0 spiro atoms. The van der Waals surface area contributed by atoms with Crippen LogP contribution in [0.3, 0.4) is 0 Å². The lowest BCUT2D eigenvalue weighted by atomic mass is 10.3. The molecule has 0 saturated carbocycles. The van der Waals surface area contributed by atoms with Crippen molar-refractivity contribution in [2.75, 3.05) is 0 Å². The van der Waals surface area contributed by atoms with Crippen molar-refractivity contribution in [3.8, 4) is 0 Å². The topological polar surface area (TPSA) is 0 Å². The molecule has 0 N–H and O–H groups in total. The monoisotopic (exact) mass is 188 g/mol. The fourth-order valence-corrected chi connectivity index (χ4v) is 0.893. The van der Waals surface area contributed by atoms with E-state index >= 15 is 0 Å². The van der Waals surface area contributed by atoms with Crippen molar-refractivity contribution in [2.24, 2.45) is 0 Å². The van der Waals surface area contributed by atoms with Crippen LogP contribution in [0.1, 0.15) is 6.42 Å². The molecule has 0 aromatic carbocycles. The average molecular weight is 189 g/mol. The largest absolute Gasteiger partial charge is 0.210 e. The van der Waals surface area contributed by atoms with E-state index in [1.165, 1.54) is 0 Å². The van der Waals surface area contributed by atoms with Crippen molar-refractivity contribution < 1.29 is 4.39 Å². The highest BCUT2D eigenvalue weighted by molar-refractivity contribution is 9.11. The molecule has 1 rings (SSSR count). The van der Waals surface area contributed by atoms with Crippen molar-refractivity contribution in [3.05, 3.63) is 34.6 Å². The molecule has 0 unspecified atom stereocenters. The third kappa shape index (κ3) is 1.79. The highest BCUT2D eigenvalue weighted by Gasteiger charge is 1.98. The number of rotatable bonds is 0. The van der Waals surface area contributed by atoms with E-state index in [0.717, 1.165) is 0 Å². The number of halogens is 2. The molecule has 0 amide bonds. The fraction of sp³-hybridized carbons (Fsp3) is 0.143. The molecule has 0 radical (unpaired) electrons. The lowest BCUT2D eigenvalue weighted by molar-refractivity contribution is 0.617. The van der Waals surface area contributed by atoms with Gasteiger partial charge < -0.3 is 0 Å². The molecular formula is C7H6BrF. The molecule has 2 heteroatoms. The smallest absolute Gasteiger partial charge is 0.118 e. The fourth-order valence-electron chi connectivity index (χ4n) is 0.578. The van der Waals surface area contributed by atoms with Crippen molar-refractivity contribution in [3.63, 3.8) is 0 Å². The molecule has 1 aliphatic rings. The van der Waals surface area contributed by atoms with Gasteiger partial charge in [0.05, 0.1) is 0 Å². The molecule has 0 nitrogen and oxygen atoms in total. The van der Waals surface area contributed by atoms with E-state index in [-0.39, 0.29) is 5.83 Å². The van der Waals surface area contributed by atoms with Crippen molar-refractivity contribution in [1.82, 2.24) is 0 Å². The Hall–Kier alpha value is -0.370. The van der Waals surface area contributed by atoms with Gasteiger partial charge in [-0.2, -0.15) is 0 Å². The molecule has 9 heavy (non-hydrogen) atoms. The van der Waals surface area contributed by atoms with Gasteiger partial charge in [-0.3, -0.25) is 0 Å². The van der Waals surface area contributed by atoms with Gasteiger partial charge in [-0.25, -0.2) is 4.39 Å². The Morgan fingerprint density at radius 3 is 3.00 bits per heavy atom. The van der Waals surface area contributed by atoms with Crippen LogP contribution in [0.4, 0.5) is 4.39 Å². The molecule has 1 aliphatic carbocycles. The van der Waals surface area contributed by atoms with Crippen molar-refractivity contribution >= 4 is 15.9 Å². The average Bonchev–Trinajstić information content (AvgIpc) is 1.99. The van der Waals surface area contributed by atoms with Crippen LogP contribution < -0.4 is 0 Å². The predicted octanol–water partition coefficient (Wildman–Crippen LogP) is 3.08. The van der Waals surface area contributed by atoms with Crippen LogP contribution >= 0.6 is 15.9 Å². The van der Waals surface area contributed by atoms with Gasteiger partial charge in [0.15, 0.2) is 0 Å². The third-order valence-electron chi connectivity index (χ3n) is 1.05. The lowest BCUT2D eigenvalue weighted by Crippen LogP contribution is -1.70. The Labute approximate surface area is 61.9 Å². The minimum absolute atomic E-state index is 0.111. The normalized spacial score (nSPS) is 18.4. The summed E-state index contributed by atoms with van der Waals surface area (Å²) in [7, 11) is 0. The first-order chi connectivity index (χ1) is 4.30. The Kier molecular flexibility index (Phi) is 2.22. The van der Waals surface area contributed by atoms with E-state index in [9.17, 15) is 4.39 Å². The maximum Gasteiger partial charge on any atom is 0.118 e. The molecule has 0 saturated heterocycles.